The lowest BCUT2D eigenvalue weighted by Gasteiger charge is -2.23. The topological polar surface area (TPSA) is 71.0 Å². The van der Waals surface area contributed by atoms with Crippen molar-refractivity contribution in [3.63, 3.8) is 0 Å². The van der Waals surface area contributed by atoms with Crippen LogP contribution in [-0.2, 0) is 9.53 Å². The minimum Gasteiger partial charge on any atom is -0.440 e. The molecule has 6 nitrogen and oxygen atoms in total. The van der Waals surface area contributed by atoms with Crippen molar-refractivity contribution >= 4 is 17.7 Å². The fourth-order valence-corrected chi connectivity index (χ4v) is 3.16. The molecule has 1 aliphatic rings. The van der Waals surface area contributed by atoms with Crippen molar-refractivity contribution in [2.45, 2.75) is 25.1 Å². The molecule has 2 amide bonds. The molecule has 2 aromatic rings. The van der Waals surface area contributed by atoms with Gasteiger partial charge < -0.3 is 4.74 Å². The Morgan fingerprint density at radius 2 is 1.60 bits per heavy atom. The van der Waals surface area contributed by atoms with Gasteiger partial charge >= 0.3 is 12.3 Å². The third-order valence-electron chi connectivity index (χ3n) is 4.52. The number of amides is 2. The highest BCUT2D eigenvalue weighted by molar-refractivity contribution is 6.13. The molecule has 2 aromatic carbocycles. The van der Waals surface area contributed by atoms with Crippen molar-refractivity contribution in [3.8, 4) is 0 Å². The Hall–Kier alpha value is -3.36. The second kappa shape index (κ2) is 9.43. The van der Waals surface area contributed by atoms with Crippen LogP contribution in [-0.4, -0.2) is 48.0 Å². The highest BCUT2D eigenvalue weighted by Crippen LogP contribution is 2.21. The first-order valence-corrected chi connectivity index (χ1v) is 9.34. The predicted molar refractivity (Wildman–Crippen MR) is 104 cm³/mol. The quantitative estimate of drug-likeness (QED) is 0.593. The molecule has 158 valence electrons. The highest BCUT2D eigenvalue weighted by Gasteiger charge is 2.37. The first-order valence-electron chi connectivity index (χ1n) is 9.34. The monoisotopic (exact) mass is 419 g/mol. The average molecular weight is 419 g/mol. The number of ether oxygens (including phenoxy) is 1. The molecule has 0 bridgehead atoms. The summed E-state index contributed by atoms with van der Waals surface area (Å²) >= 11 is 0. The molecule has 0 radical (unpaired) electrons. The molecule has 0 spiro atoms. The number of nitrogens with zero attached hydrogens (tertiary/aromatic N) is 2. The third kappa shape index (κ3) is 5.59. The first kappa shape index (κ1) is 21.4. The standard InChI is InChI=1S/C21H20F3N3O3/c22-21(23,24)14-30-20(29)27-13-7-12-17(27)19(28)26-25-18(15-8-3-1-4-9-15)16-10-5-2-6-11-16/h1-6,8-11,17H,7,12-14H2,(H,26,28). The van der Waals surface area contributed by atoms with Crippen LogP contribution in [0.1, 0.15) is 24.0 Å². The smallest absolute Gasteiger partial charge is 0.422 e. The number of hydrogen-bond donors (Lipinski definition) is 1. The van der Waals surface area contributed by atoms with E-state index in [4.69, 9.17) is 0 Å². The molecule has 1 fully saturated rings. The molecule has 3 rings (SSSR count). The van der Waals surface area contributed by atoms with E-state index in [2.05, 4.69) is 15.3 Å². The summed E-state index contributed by atoms with van der Waals surface area (Å²) in [5.41, 5.74) is 4.53. The van der Waals surface area contributed by atoms with Gasteiger partial charge in [0.1, 0.15) is 6.04 Å². The Balaban J connectivity index is 1.74. The maximum absolute atomic E-state index is 12.6. The minimum absolute atomic E-state index is 0.142. The normalized spacial score (nSPS) is 16.1. The lowest BCUT2D eigenvalue weighted by Crippen LogP contribution is -2.45. The Bertz CT molecular complexity index is 860. The Morgan fingerprint density at radius 3 is 2.13 bits per heavy atom. The summed E-state index contributed by atoms with van der Waals surface area (Å²) in [4.78, 5) is 25.6. The molecule has 1 atom stereocenters. The molecular formula is C21H20F3N3O3. The molecule has 9 heteroatoms. The van der Waals surface area contributed by atoms with Crippen LogP contribution >= 0.6 is 0 Å². The van der Waals surface area contributed by atoms with E-state index < -0.39 is 30.8 Å². The number of halogens is 3. The molecule has 1 N–H and O–H groups in total. The molecule has 30 heavy (non-hydrogen) atoms. The second-order valence-electron chi connectivity index (χ2n) is 6.69. The van der Waals surface area contributed by atoms with E-state index in [1.807, 2.05) is 60.7 Å². The molecule has 1 aliphatic heterocycles. The zero-order valence-electron chi connectivity index (χ0n) is 15.9. The molecule has 0 aliphatic carbocycles. The van der Waals surface area contributed by atoms with Gasteiger partial charge in [0.2, 0.25) is 0 Å². The highest BCUT2D eigenvalue weighted by atomic mass is 19.4. The Labute approximate surface area is 171 Å². The van der Waals surface area contributed by atoms with Crippen molar-refractivity contribution in [3.05, 3.63) is 71.8 Å². The van der Waals surface area contributed by atoms with Crippen LogP contribution in [0.4, 0.5) is 18.0 Å². The first-order chi connectivity index (χ1) is 14.3. The van der Waals surface area contributed by atoms with Crippen LogP contribution in [0.5, 0.6) is 0 Å². The summed E-state index contributed by atoms with van der Waals surface area (Å²) < 4.78 is 41.2. The molecule has 1 heterocycles. The van der Waals surface area contributed by atoms with Gasteiger partial charge in [-0.15, -0.1) is 0 Å². The summed E-state index contributed by atoms with van der Waals surface area (Å²) in [7, 11) is 0. The summed E-state index contributed by atoms with van der Waals surface area (Å²) in [6.45, 7) is -1.55. The van der Waals surface area contributed by atoms with E-state index in [9.17, 15) is 22.8 Å². The van der Waals surface area contributed by atoms with Crippen molar-refractivity contribution < 1.29 is 27.5 Å². The molecule has 1 unspecified atom stereocenters. The zero-order valence-corrected chi connectivity index (χ0v) is 15.9. The van der Waals surface area contributed by atoms with Gasteiger partial charge in [-0.3, -0.25) is 9.69 Å². The van der Waals surface area contributed by atoms with E-state index in [0.29, 0.717) is 18.6 Å². The van der Waals surface area contributed by atoms with E-state index in [-0.39, 0.29) is 6.54 Å². The van der Waals surface area contributed by atoms with Crippen molar-refractivity contribution in [1.82, 2.24) is 10.3 Å². The van der Waals surface area contributed by atoms with Gasteiger partial charge in [0.05, 0.1) is 5.71 Å². The summed E-state index contributed by atoms with van der Waals surface area (Å²) in [5, 5.41) is 4.25. The number of benzene rings is 2. The second-order valence-corrected chi connectivity index (χ2v) is 6.69. The van der Waals surface area contributed by atoms with Crippen LogP contribution in [0, 0.1) is 0 Å². The van der Waals surface area contributed by atoms with Crippen molar-refractivity contribution in [2.24, 2.45) is 5.10 Å². The molecule has 1 saturated heterocycles. The van der Waals surface area contributed by atoms with E-state index in [0.717, 1.165) is 16.0 Å². The summed E-state index contributed by atoms with van der Waals surface area (Å²) in [6, 6.07) is 17.5. The summed E-state index contributed by atoms with van der Waals surface area (Å²) in [6.07, 6.45) is -5.00. The molecule has 0 saturated carbocycles. The van der Waals surface area contributed by atoms with Crippen LogP contribution < -0.4 is 5.43 Å². The van der Waals surface area contributed by atoms with Gasteiger partial charge in [-0.25, -0.2) is 10.2 Å². The fourth-order valence-electron chi connectivity index (χ4n) is 3.16. The number of nitrogens with one attached hydrogen (secondary N) is 1. The van der Waals surface area contributed by atoms with E-state index in [1.54, 1.807) is 0 Å². The minimum atomic E-state index is -4.63. The largest absolute Gasteiger partial charge is 0.440 e. The number of carbonyl (C=O) groups is 2. The lowest BCUT2D eigenvalue weighted by molar-refractivity contribution is -0.162. The number of likely N-dealkylation sites (tertiary alicyclic amines) is 1. The number of rotatable bonds is 5. The van der Waals surface area contributed by atoms with Gasteiger partial charge in [0.15, 0.2) is 6.61 Å². The number of alkyl halides is 3. The van der Waals surface area contributed by atoms with Crippen LogP contribution in [0.25, 0.3) is 0 Å². The lowest BCUT2D eigenvalue weighted by atomic mass is 10.0. The average Bonchev–Trinajstić information content (AvgIpc) is 3.23. The Morgan fingerprint density at radius 1 is 1.03 bits per heavy atom. The number of hydrogen-bond acceptors (Lipinski definition) is 4. The van der Waals surface area contributed by atoms with E-state index in [1.165, 1.54) is 0 Å². The van der Waals surface area contributed by atoms with Crippen LogP contribution in [0.2, 0.25) is 0 Å². The maximum atomic E-state index is 12.6. The van der Waals surface area contributed by atoms with Gasteiger partial charge in [-0.1, -0.05) is 60.7 Å². The fraction of sp³-hybridized carbons (Fsp3) is 0.286. The molecule has 0 aromatic heterocycles. The Kier molecular flexibility index (Phi) is 6.71. The van der Waals surface area contributed by atoms with Gasteiger partial charge in [-0.05, 0) is 12.8 Å². The predicted octanol–water partition coefficient (Wildman–Crippen LogP) is 3.72. The van der Waals surface area contributed by atoms with Gasteiger partial charge in [0, 0.05) is 17.7 Å². The zero-order chi connectivity index (χ0) is 21.6. The molecular weight excluding hydrogens is 399 g/mol. The van der Waals surface area contributed by atoms with E-state index >= 15 is 0 Å². The van der Waals surface area contributed by atoms with Crippen molar-refractivity contribution in [1.29, 1.82) is 0 Å². The van der Waals surface area contributed by atoms with Gasteiger partial charge in [0.25, 0.3) is 5.91 Å². The maximum Gasteiger partial charge on any atom is 0.422 e. The van der Waals surface area contributed by atoms with Crippen molar-refractivity contribution in [2.75, 3.05) is 13.2 Å². The van der Waals surface area contributed by atoms with Crippen LogP contribution in [0.15, 0.2) is 65.8 Å². The number of hydrazone groups is 1. The summed E-state index contributed by atoms with van der Waals surface area (Å²) in [5.74, 6) is -0.583. The van der Waals surface area contributed by atoms with Crippen LogP contribution in [0.3, 0.4) is 0 Å². The number of carbonyl (C=O) groups excluding carboxylic acids is 2. The third-order valence-corrected chi connectivity index (χ3v) is 4.52. The SMILES string of the molecule is O=C(NN=C(c1ccccc1)c1ccccc1)C1CCCN1C(=O)OCC(F)(F)F. The van der Waals surface area contributed by atoms with Gasteiger partial charge in [-0.2, -0.15) is 18.3 Å².